The number of aryl methyl sites for hydroxylation is 1. The first-order valence-corrected chi connectivity index (χ1v) is 6.33. The first kappa shape index (κ1) is 11.3. The van der Waals surface area contributed by atoms with Gasteiger partial charge in [-0.1, -0.05) is 51.1 Å². The van der Waals surface area contributed by atoms with Crippen LogP contribution in [0.2, 0.25) is 0 Å². The Morgan fingerprint density at radius 1 is 1.06 bits per heavy atom. The third-order valence-corrected chi connectivity index (χ3v) is 3.50. The highest BCUT2D eigenvalue weighted by Gasteiger charge is 2.22. The molecule has 1 nitrogen and oxygen atoms in total. The van der Waals surface area contributed by atoms with Crippen molar-refractivity contribution in [3.8, 4) is 10.4 Å². The molecule has 0 atom stereocenters. The van der Waals surface area contributed by atoms with E-state index in [1.165, 1.54) is 16.1 Å². The van der Waals surface area contributed by atoms with Crippen molar-refractivity contribution in [3.63, 3.8) is 0 Å². The summed E-state index contributed by atoms with van der Waals surface area (Å²) < 4.78 is 0. The van der Waals surface area contributed by atoms with Crippen LogP contribution in [0.3, 0.4) is 0 Å². The normalized spacial score (nSPS) is 11.8. The summed E-state index contributed by atoms with van der Waals surface area (Å²) in [5, 5.41) is 1.14. The maximum absolute atomic E-state index is 4.68. The Kier molecular flexibility index (Phi) is 2.85. The van der Waals surface area contributed by atoms with E-state index in [9.17, 15) is 0 Å². The van der Waals surface area contributed by atoms with Crippen LogP contribution in [0.15, 0.2) is 30.3 Å². The summed E-state index contributed by atoms with van der Waals surface area (Å²) in [5.41, 5.74) is 2.59. The fourth-order valence-electron chi connectivity index (χ4n) is 1.72. The summed E-state index contributed by atoms with van der Waals surface area (Å²) >= 11 is 1.78. The van der Waals surface area contributed by atoms with Crippen molar-refractivity contribution in [3.05, 3.63) is 41.0 Å². The average Bonchev–Trinajstić information content (AvgIpc) is 2.61. The molecule has 0 aliphatic rings. The first-order valence-electron chi connectivity index (χ1n) is 5.52. The molecule has 16 heavy (non-hydrogen) atoms. The van der Waals surface area contributed by atoms with Crippen molar-refractivity contribution in [2.45, 2.75) is 33.1 Å². The zero-order valence-corrected chi connectivity index (χ0v) is 11.1. The number of hydrogen-bond acceptors (Lipinski definition) is 2. The van der Waals surface area contributed by atoms with Gasteiger partial charge in [-0.25, -0.2) is 4.98 Å². The van der Waals surface area contributed by atoms with Gasteiger partial charge in [0.1, 0.15) is 0 Å². The molecule has 0 unspecified atom stereocenters. The van der Waals surface area contributed by atoms with Crippen LogP contribution in [0.5, 0.6) is 0 Å². The SMILES string of the molecule is Cc1nc(C(C)(C)C)c(-c2ccccc2)s1. The highest BCUT2D eigenvalue weighted by Crippen LogP contribution is 2.36. The van der Waals surface area contributed by atoms with Gasteiger partial charge in [0.2, 0.25) is 0 Å². The Labute approximate surface area is 101 Å². The molecule has 1 heterocycles. The maximum atomic E-state index is 4.68. The molecule has 1 aromatic carbocycles. The van der Waals surface area contributed by atoms with E-state index in [0.717, 1.165) is 5.01 Å². The number of nitrogens with zero attached hydrogens (tertiary/aromatic N) is 1. The third-order valence-electron chi connectivity index (χ3n) is 2.48. The smallest absolute Gasteiger partial charge is 0.0904 e. The van der Waals surface area contributed by atoms with E-state index in [1.807, 2.05) is 6.07 Å². The van der Waals surface area contributed by atoms with Crippen LogP contribution in [0.25, 0.3) is 10.4 Å². The van der Waals surface area contributed by atoms with E-state index >= 15 is 0 Å². The lowest BCUT2D eigenvalue weighted by Gasteiger charge is -2.17. The molecular formula is C14H17NS. The zero-order chi connectivity index (χ0) is 11.8. The average molecular weight is 231 g/mol. The predicted octanol–water partition coefficient (Wildman–Crippen LogP) is 4.42. The summed E-state index contributed by atoms with van der Waals surface area (Å²) in [6, 6.07) is 10.5. The molecular weight excluding hydrogens is 214 g/mol. The minimum atomic E-state index is 0.107. The van der Waals surface area contributed by atoms with Crippen LogP contribution >= 0.6 is 11.3 Å². The molecule has 2 aromatic rings. The molecule has 0 saturated heterocycles. The molecule has 0 aliphatic carbocycles. The lowest BCUT2D eigenvalue weighted by Crippen LogP contribution is -2.12. The van der Waals surface area contributed by atoms with Gasteiger partial charge in [-0.2, -0.15) is 0 Å². The van der Waals surface area contributed by atoms with Crippen LogP contribution in [0.1, 0.15) is 31.5 Å². The summed E-state index contributed by atoms with van der Waals surface area (Å²) in [6.45, 7) is 8.72. The number of rotatable bonds is 1. The molecule has 0 fully saturated rings. The Bertz CT molecular complexity index is 477. The van der Waals surface area contributed by atoms with Crippen molar-refractivity contribution in [1.82, 2.24) is 4.98 Å². The summed E-state index contributed by atoms with van der Waals surface area (Å²) in [7, 11) is 0. The van der Waals surface area contributed by atoms with E-state index in [1.54, 1.807) is 11.3 Å². The summed E-state index contributed by atoms with van der Waals surface area (Å²) in [4.78, 5) is 5.99. The van der Waals surface area contributed by atoms with E-state index in [-0.39, 0.29) is 5.41 Å². The fraction of sp³-hybridized carbons (Fsp3) is 0.357. The monoisotopic (exact) mass is 231 g/mol. The van der Waals surface area contributed by atoms with Gasteiger partial charge >= 0.3 is 0 Å². The minimum Gasteiger partial charge on any atom is -0.245 e. The van der Waals surface area contributed by atoms with E-state index in [0.29, 0.717) is 0 Å². The molecule has 0 radical (unpaired) electrons. The van der Waals surface area contributed by atoms with Gasteiger partial charge in [0.25, 0.3) is 0 Å². The molecule has 2 heteroatoms. The van der Waals surface area contributed by atoms with Crippen molar-refractivity contribution in [2.24, 2.45) is 0 Å². The topological polar surface area (TPSA) is 12.9 Å². The highest BCUT2D eigenvalue weighted by atomic mass is 32.1. The predicted molar refractivity (Wildman–Crippen MR) is 71.0 cm³/mol. The van der Waals surface area contributed by atoms with E-state index < -0.39 is 0 Å². The van der Waals surface area contributed by atoms with Gasteiger partial charge < -0.3 is 0 Å². The van der Waals surface area contributed by atoms with Crippen molar-refractivity contribution < 1.29 is 0 Å². The number of hydrogen-bond donors (Lipinski definition) is 0. The Morgan fingerprint density at radius 2 is 1.69 bits per heavy atom. The molecule has 0 saturated carbocycles. The summed E-state index contributed by atoms with van der Waals surface area (Å²) in [5.74, 6) is 0. The van der Waals surface area contributed by atoms with E-state index in [4.69, 9.17) is 0 Å². The second-order valence-corrected chi connectivity index (χ2v) is 6.23. The van der Waals surface area contributed by atoms with Gasteiger partial charge in [0.05, 0.1) is 15.6 Å². The Hall–Kier alpha value is -1.15. The molecule has 1 aromatic heterocycles. The molecule has 2 rings (SSSR count). The second kappa shape index (κ2) is 4.02. The number of benzene rings is 1. The largest absolute Gasteiger partial charge is 0.245 e. The lowest BCUT2D eigenvalue weighted by atomic mass is 9.90. The van der Waals surface area contributed by atoms with Crippen LogP contribution in [-0.2, 0) is 5.41 Å². The third kappa shape index (κ3) is 2.17. The standard InChI is InChI=1S/C14H17NS/c1-10-15-13(14(2,3)4)12(16-10)11-8-6-5-7-9-11/h5-9H,1-4H3. The summed E-state index contributed by atoms with van der Waals surface area (Å²) in [6.07, 6.45) is 0. The highest BCUT2D eigenvalue weighted by molar-refractivity contribution is 7.15. The number of aromatic nitrogens is 1. The van der Waals surface area contributed by atoms with Crippen LogP contribution in [-0.4, -0.2) is 4.98 Å². The molecule has 0 aliphatic heterocycles. The van der Waals surface area contributed by atoms with Gasteiger partial charge in [0, 0.05) is 5.41 Å². The van der Waals surface area contributed by atoms with Crippen LogP contribution in [0, 0.1) is 6.92 Å². The van der Waals surface area contributed by atoms with Gasteiger partial charge in [-0.15, -0.1) is 11.3 Å². The quantitative estimate of drug-likeness (QED) is 0.708. The Morgan fingerprint density at radius 3 is 2.25 bits per heavy atom. The molecule has 0 spiro atoms. The molecule has 0 amide bonds. The van der Waals surface area contributed by atoms with Crippen LogP contribution < -0.4 is 0 Å². The Balaban J connectivity index is 2.58. The lowest BCUT2D eigenvalue weighted by molar-refractivity contribution is 0.573. The molecule has 84 valence electrons. The van der Waals surface area contributed by atoms with Gasteiger partial charge in [-0.3, -0.25) is 0 Å². The van der Waals surface area contributed by atoms with E-state index in [2.05, 4.69) is 56.9 Å². The van der Waals surface area contributed by atoms with Crippen molar-refractivity contribution >= 4 is 11.3 Å². The molecule has 0 bridgehead atoms. The van der Waals surface area contributed by atoms with Gasteiger partial charge in [-0.05, 0) is 12.5 Å². The van der Waals surface area contributed by atoms with Crippen molar-refractivity contribution in [2.75, 3.05) is 0 Å². The second-order valence-electron chi connectivity index (χ2n) is 5.03. The minimum absolute atomic E-state index is 0.107. The molecule has 0 N–H and O–H groups in total. The fourth-order valence-corrected chi connectivity index (χ4v) is 2.86. The van der Waals surface area contributed by atoms with Crippen molar-refractivity contribution in [1.29, 1.82) is 0 Å². The van der Waals surface area contributed by atoms with Crippen LogP contribution in [0.4, 0.5) is 0 Å². The first-order chi connectivity index (χ1) is 7.48. The number of thiazole rings is 1. The maximum Gasteiger partial charge on any atom is 0.0904 e. The zero-order valence-electron chi connectivity index (χ0n) is 10.2. The van der Waals surface area contributed by atoms with Gasteiger partial charge in [0.15, 0.2) is 0 Å².